The second-order valence-corrected chi connectivity index (χ2v) is 6.53. The van der Waals surface area contributed by atoms with Gasteiger partial charge in [-0.3, -0.25) is 4.40 Å². The topological polar surface area (TPSA) is 38.6 Å². The van der Waals surface area contributed by atoms with Crippen LogP contribution in [0.3, 0.4) is 0 Å². The van der Waals surface area contributed by atoms with E-state index in [-0.39, 0.29) is 0 Å². The van der Waals surface area contributed by atoms with Gasteiger partial charge < -0.3 is 10.1 Å². The number of nitrogens with one attached hydrogen (secondary N) is 1. The molecule has 4 nitrogen and oxygen atoms in total. The predicted octanol–water partition coefficient (Wildman–Crippen LogP) is 4.78. The van der Waals surface area contributed by atoms with Crippen LogP contribution in [0.2, 0.25) is 0 Å². The Balaban J connectivity index is 2.05. The number of methoxy groups -OCH3 is 1. The third-order valence-electron chi connectivity index (χ3n) is 4.22. The van der Waals surface area contributed by atoms with Crippen molar-refractivity contribution in [3.8, 4) is 17.0 Å². The van der Waals surface area contributed by atoms with Crippen molar-refractivity contribution in [2.75, 3.05) is 19.0 Å². The van der Waals surface area contributed by atoms with Gasteiger partial charge in [-0.2, -0.15) is 0 Å². The van der Waals surface area contributed by atoms with E-state index in [1.807, 2.05) is 12.1 Å². The lowest BCUT2D eigenvalue weighted by molar-refractivity contribution is 0.415. The minimum Gasteiger partial charge on any atom is -0.497 e. The summed E-state index contributed by atoms with van der Waals surface area (Å²) in [6.07, 6.45) is 3.20. The summed E-state index contributed by atoms with van der Waals surface area (Å²) in [5.41, 5.74) is 4.24. The normalized spacial score (nSPS) is 11.2. The van der Waals surface area contributed by atoms with Crippen LogP contribution in [0.1, 0.15) is 25.8 Å². The summed E-state index contributed by atoms with van der Waals surface area (Å²) >= 11 is 0. The van der Waals surface area contributed by atoms with Crippen molar-refractivity contribution in [3.05, 3.63) is 48.2 Å². The van der Waals surface area contributed by atoms with Gasteiger partial charge in [-0.05, 0) is 55.2 Å². The zero-order chi connectivity index (χ0) is 17.1. The molecule has 0 unspecified atom stereocenters. The SMILES string of the molecule is COc1ccc(-c2nc3c(C)cccn3c2NCCC(C)C)cc1. The summed E-state index contributed by atoms with van der Waals surface area (Å²) in [5.74, 6) is 2.58. The predicted molar refractivity (Wildman–Crippen MR) is 99.9 cm³/mol. The molecule has 3 rings (SSSR count). The van der Waals surface area contributed by atoms with Gasteiger partial charge in [-0.1, -0.05) is 19.9 Å². The Hall–Kier alpha value is -2.49. The van der Waals surface area contributed by atoms with Gasteiger partial charge in [0.05, 0.1) is 7.11 Å². The first-order valence-corrected chi connectivity index (χ1v) is 8.46. The van der Waals surface area contributed by atoms with Crippen molar-refractivity contribution < 1.29 is 4.74 Å². The van der Waals surface area contributed by atoms with E-state index in [0.717, 1.165) is 41.4 Å². The number of aryl methyl sites for hydroxylation is 1. The molecule has 0 fully saturated rings. The molecule has 126 valence electrons. The number of anilines is 1. The lowest BCUT2D eigenvalue weighted by atomic mass is 10.1. The van der Waals surface area contributed by atoms with Gasteiger partial charge in [-0.25, -0.2) is 4.98 Å². The Kier molecular flexibility index (Phi) is 4.74. The van der Waals surface area contributed by atoms with Crippen LogP contribution in [0.25, 0.3) is 16.9 Å². The molecule has 24 heavy (non-hydrogen) atoms. The van der Waals surface area contributed by atoms with Crippen LogP contribution in [0, 0.1) is 12.8 Å². The van der Waals surface area contributed by atoms with Gasteiger partial charge in [0.1, 0.15) is 22.9 Å². The van der Waals surface area contributed by atoms with Gasteiger partial charge in [0.15, 0.2) is 0 Å². The first-order valence-electron chi connectivity index (χ1n) is 8.46. The maximum absolute atomic E-state index is 5.26. The van der Waals surface area contributed by atoms with E-state index >= 15 is 0 Å². The average Bonchev–Trinajstić information content (AvgIpc) is 2.95. The zero-order valence-electron chi connectivity index (χ0n) is 14.8. The molecule has 0 radical (unpaired) electrons. The van der Waals surface area contributed by atoms with Crippen LogP contribution in [-0.2, 0) is 0 Å². The van der Waals surface area contributed by atoms with Crippen molar-refractivity contribution in [2.24, 2.45) is 5.92 Å². The molecular weight excluding hydrogens is 298 g/mol. The molecule has 0 aliphatic carbocycles. The fourth-order valence-electron chi connectivity index (χ4n) is 2.80. The fourth-order valence-corrected chi connectivity index (χ4v) is 2.80. The molecule has 0 aliphatic rings. The lowest BCUT2D eigenvalue weighted by Gasteiger charge is -2.10. The Labute approximate surface area is 143 Å². The van der Waals surface area contributed by atoms with Gasteiger partial charge in [-0.15, -0.1) is 0 Å². The second kappa shape index (κ2) is 6.95. The maximum Gasteiger partial charge on any atom is 0.142 e. The van der Waals surface area contributed by atoms with Crippen molar-refractivity contribution in [2.45, 2.75) is 27.2 Å². The highest BCUT2D eigenvalue weighted by atomic mass is 16.5. The van der Waals surface area contributed by atoms with Gasteiger partial charge in [0.2, 0.25) is 0 Å². The number of aromatic nitrogens is 2. The van der Waals surface area contributed by atoms with Crippen molar-refractivity contribution in [3.63, 3.8) is 0 Å². The molecule has 0 spiro atoms. The number of ether oxygens (including phenoxy) is 1. The molecule has 1 aromatic carbocycles. The smallest absolute Gasteiger partial charge is 0.142 e. The standard InChI is InChI=1S/C20H25N3O/c1-14(2)11-12-21-20-18(16-7-9-17(24-4)10-8-16)22-19-15(3)6-5-13-23(19)20/h5-10,13-14,21H,11-12H2,1-4H3. The minimum absolute atomic E-state index is 0.669. The highest BCUT2D eigenvalue weighted by Gasteiger charge is 2.15. The van der Waals surface area contributed by atoms with E-state index in [2.05, 4.69) is 61.0 Å². The summed E-state index contributed by atoms with van der Waals surface area (Å²) in [6.45, 7) is 7.51. The van der Waals surface area contributed by atoms with Crippen LogP contribution in [0.4, 0.5) is 5.82 Å². The summed E-state index contributed by atoms with van der Waals surface area (Å²) in [4.78, 5) is 4.90. The average molecular weight is 323 g/mol. The minimum atomic E-state index is 0.669. The first-order chi connectivity index (χ1) is 11.6. The molecule has 0 amide bonds. The van der Waals surface area contributed by atoms with E-state index in [1.165, 1.54) is 5.56 Å². The van der Waals surface area contributed by atoms with E-state index in [1.54, 1.807) is 7.11 Å². The first kappa shape index (κ1) is 16.4. The van der Waals surface area contributed by atoms with E-state index in [9.17, 15) is 0 Å². The monoisotopic (exact) mass is 323 g/mol. The fraction of sp³-hybridized carbons (Fsp3) is 0.350. The summed E-state index contributed by atoms with van der Waals surface area (Å²) in [5, 5.41) is 3.59. The van der Waals surface area contributed by atoms with E-state index in [0.29, 0.717) is 5.92 Å². The molecule has 0 saturated carbocycles. The van der Waals surface area contributed by atoms with Crippen LogP contribution < -0.4 is 10.1 Å². The Bertz CT molecular complexity index is 819. The number of hydrogen-bond acceptors (Lipinski definition) is 3. The number of pyridine rings is 1. The van der Waals surface area contributed by atoms with Crippen molar-refractivity contribution in [1.29, 1.82) is 0 Å². The maximum atomic E-state index is 5.26. The summed E-state index contributed by atoms with van der Waals surface area (Å²) in [7, 11) is 1.68. The molecule has 2 aromatic heterocycles. The Morgan fingerprint density at radius 1 is 1.17 bits per heavy atom. The molecule has 0 saturated heterocycles. The second-order valence-electron chi connectivity index (χ2n) is 6.53. The molecule has 0 atom stereocenters. The molecule has 2 heterocycles. The lowest BCUT2D eigenvalue weighted by Crippen LogP contribution is -2.07. The number of hydrogen-bond donors (Lipinski definition) is 1. The summed E-state index contributed by atoms with van der Waals surface area (Å²) in [6, 6.07) is 12.2. The molecular formula is C20H25N3O. The largest absolute Gasteiger partial charge is 0.497 e. The van der Waals surface area contributed by atoms with Crippen LogP contribution in [0.5, 0.6) is 5.75 Å². The summed E-state index contributed by atoms with van der Waals surface area (Å²) < 4.78 is 7.41. The van der Waals surface area contributed by atoms with Gasteiger partial charge in [0, 0.05) is 18.3 Å². The van der Waals surface area contributed by atoms with Crippen LogP contribution in [0.15, 0.2) is 42.6 Å². The Morgan fingerprint density at radius 3 is 2.58 bits per heavy atom. The Morgan fingerprint density at radius 2 is 1.92 bits per heavy atom. The van der Waals surface area contributed by atoms with Crippen molar-refractivity contribution in [1.82, 2.24) is 9.38 Å². The van der Waals surface area contributed by atoms with E-state index in [4.69, 9.17) is 9.72 Å². The molecule has 3 aromatic rings. The molecule has 0 bridgehead atoms. The number of fused-ring (bicyclic) bond motifs is 1. The third kappa shape index (κ3) is 3.23. The number of nitrogens with zero attached hydrogens (tertiary/aromatic N) is 2. The van der Waals surface area contributed by atoms with Crippen LogP contribution in [-0.4, -0.2) is 23.0 Å². The third-order valence-corrected chi connectivity index (χ3v) is 4.22. The molecule has 0 aliphatic heterocycles. The van der Waals surface area contributed by atoms with Gasteiger partial charge >= 0.3 is 0 Å². The molecule has 1 N–H and O–H groups in total. The molecule has 4 heteroatoms. The zero-order valence-corrected chi connectivity index (χ0v) is 14.8. The highest BCUT2D eigenvalue weighted by Crippen LogP contribution is 2.31. The number of imidazole rings is 1. The van der Waals surface area contributed by atoms with E-state index < -0.39 is 0 Å². The van der Waals surface area contributed by atoms with Crippen LogP contribution >= 0.6 is 0 Å². The highest BCUT2D eigenvalue weighted by molar-refractivity contribution is 5.77. The van der Waals surface area contributed by atoms with Crippen molar-refractivity contribution >= 4 is 11.5 Å². The quantitative estimate of drug-likeness (QED) is 0.710. The van der Waals surface area contributed by atoms with Gasteiger partial charge in [0.25, 0.3) is 0 Å². The number of rotatable bonds is 6. The number of benzene rings is 1.